The maximum atomic E-state index is 4.71. The fourth-order valence-electron chi connectivity index (χ4n) is 2.89. The van der Waals surface area contributed by atoms with Crippen molar-refractivity contribution in [2.75, 3.05) is 6.54 Å². The number of hydrogen-bond acceptors (Lipinski definition) is 2. The van der Waals surface area contributed by atoms with Crippen LogP contribution in [-0.2, 0) is 6.54 Å². The van der Waals surface area contributed by atoms with Gasteiger partial charge in [0.1, 0.15) is 0 Å². The average Bonchev–Trinajstić information content (AvgIpc) is 2.88. The van der Waals surface area contributed by atoms with E-state index in [1.807, 2.05) is 0 Å². The van der Waals surface area contributed by atoms with Gasteiger partial charge in [0.05, 0.1) is 11.7 Å². The SMILES string of the molecule is CCCNCc1ccn(C2CCC(CC)CC2)n1. The molecule has 18 heavy (non-hydrogen) atoms. The number of nitrogens with zero attached hydrogens (tertiary/aromatic N) is 2. The maximum Gasteiger partial charge on any atom is 0.0762 e. The van der Waals surface area contributed by atoms with Gasteiger partial charge in [0.2, 0.25) is 0 Å². The Morgan fingerprint density at radius 1 is 1.28 bits per heavy atom. The zero-order chi connectivity index (χ0) is 12.8. The highest BCUT2D eigenvalue weighted by Crippen LogP contribution is 2.33. The molecule has 1 N–H and O–H groups in total. The summed E-state index contributed by atoms with van der Waals surface area (Å²) in [6, 6.07) is 2.81. The second kappa shape index (κ2) is 6.93. The van der Waals surface area contributed by atoms with E-state index in [0.717, 1.165) is 19.0 Å². The molecule has 1 heterocycles. The quantitative estimate of drug-likeness (QED) is 0.782. The summed E-state index contributed by atoms with van der Waals surface area (Å²) in [5, 5.41) is 8.12. The van der Waals surface area contributed by atoms with Crippen molar-refractivity contribution in [1.29, 1.82) is 0 Å². The van der Waals surface area contributed by atoms with Gasteiger partial charge in [0.25, 0.3) is 0 Å². The molecule has 0 atom stereocenters. The van der Waals surface area contributed by atoms with E-state index in [0.29, 0.717) is 6.04 Å². The summed E-state index contributed by atoms with van der Waals surface area (Å²) >= 11 is 0. The van der Waals surface area contributed by atoms with Crippen molar-refractivity contribution in [1.82, 2.24) is 15.1 Å². The highest BCUT2D eigenvalue weighted by molar-refractivity contribution is 4.99. The van der Waals surface area contributed by atoms with Gasteiger partial charge in [-0.2, -0.15) is 5.10 Å². The Kier molecular flexibility index (Phi) is 5.24. The molecule has 1 fully saturated rings. The van der Waals surface area contributed by atoms with Crippen molar-refractivity contribution in [3.63, 3.8) is 0 Å². The van der Waals surface area contributed by atoms with Gasteiger partial charge in [-0.3, -0.25) is 4.68 Å². The second-order valence-electron chi connectivity index (χ2n) is 5.55. The summed E-state index contributed by atoms with van der Waals surface area (Å²) in [6.45, 7) is 6.49. The van der Waals surface area contributed by atoms with Crippen LogP contribution < -0.4 is 5.32 Å². The lowest BCUT2D eigenvalue weighted by Gasteiger charge is -2.27. The summed E-state index contributed by atoms with van der Waals surface area (Å²) in [4.78, 5) is 0. The highest BCUT2D eigenvalue weighted by Gasteiger charge is 2.21. The van der Waals surface area contributed by atoms with E-state index in [4.69, 9.17) is 5.10 Å². The van der Waals surface area contributed by atoms with E-state index in [9.17, 15) is 0 Å². The lowest BCUT2D eigenvalue weighted by Crippen LogP contribution is -2.19. The van der Waals surface area contributed by atoms with Gasteiger partial charge >= 0.3 is 0 Å². The molecule has 102 valence electrons. The van der Waals surface area contributed by atoms with Gasteiger partial charge in [-0.05, 0) is 50.6 Å². The highest BCUT2D eigenvalue weighted by atomic mass is 15.3. The smallest absolute Gasteiger partial charge is 0.0762 e. The third-order valence-corrected chi connectivity index (χ3v) is 4.16. The average molecular weight is 249 g/mol. The number of nitrogens with one attached hydrogen (secondary N) is 1. The molecule has 1 saturated carbocycles. The van der Waals surface area contributed by atoms with Crippen LogP contribution in [0, 0.1) is 5.92 Å². The molecule has 0 aliphatic heterocycles. The predicted molar refractivity (Wildman–Crippen MR) is 75.5 cm³/mol. The fourth-order valence-corrected chi connectivity index (χ4v) is 2.89. The molecule has 0 aromatic carbocycles. The summed E-state index contributed by atoms with van der Waals surface area (Å²) in [7, 11) is 0. The Bertz CT molecular complexity index is 337. The molecular weight excluding hydrogens is 222 g/mol. The van der Waals surface area contributed by atoms with Crippen LogP contribution in [0.15, 0.2) is 12.3 Å². The van der Waals surface area contributed by atoms with Crippen LogP contribution in [0.1, 0.15) is 64.1 Å². The molecule has 0 bridgehead atoms. The van der Waals surface area contributed by atoms with Crippen LogP contribution in [0.3, 0.4) is 0 Å². The summed E-state index contributed by atoms with van der Waals surface area (Å²) in [5.74, 6) is 0.961. The van der Waals surface area contributed by atoms with E-state index in [1.165, 1.54) is 44.2 Å². The maximum absolute atomic E-state index is 4.71. The minimum atomic E-state index is 0.646. The van der Waals surface area contributed by atoms with Crippen molar-refractivity contribution in [3.8, 4) is 0 Å². The molecule has 0 saturated heterocycles. The molecule has 3 heteroatoms. The van der Waals surface area contributed by atoms with E-state index < -0.39 is 0 Å². The fraction of sp³-hybridized carbons (Fsp3) is 0.800. The Morgan fingerprint density at radius 2 is 2.06 bits per heavy atom. The molecule has 0 radical (unpaired) electrons. The topological polar surface area (TPSA) is 29.9 Å². The van der Waals surface area contributed by atoms with Crippen LogP contribution in [0.5, 0.6) is 0 Å². The first kappa shape index (κ1) is 13.6. The van der Waals surface area contributed by atoms with Crippen LogP contribution >= 0.6 is 0 Å². The molecule has 1 aliphatic rings. The number of hydrogen-bond donors (Lipinski definition) is 1. The van der Waals surface area contributed by atoms with Crippen molar-refractivity contribution in [2.24, 2.45) is 5.92 Å². The lowest BCUT2D eigenvalue weighted by molar-refractivity contribution is 0.255. The molecule has 0 amide bonds. The van der Waals surface area contributed by atoms with Crippen molar-refractivity contribution >= 4 is 0 Å². The van der Waals surface area contributed by atoms with Gasteiger partial charge in [0.15, 0.2) is 0 Å². The number of rotatable bonds is 6. The van der Waals surface area contributed by atoms with Gasteiger partial charge in [-0.25, -0.2) is 0 Å². The zero-order valence-corrected chi connectivity index (χ0v) is 11.9. The minimum Gasteiger partial charge on any atom is -0.311 e. The monoisotopic (exact) mass is 249 g/mol. The molecule has 2 rings (SSSR count). The van der Waals surface area contributed by atoms with E-state index in [2.05, 4.69) is 36.1 Å². The van der Waals surface area contributed by atoms with Gasteiger partial charge in [-0.15, -0.1) is 0 Å². The number of aromatic nitrogens is 2. The Balaban J connectivity index is 1.82. The van der Waals surface area contributed by atoms with Gasteiger partial charge in [0, 0.05) is 12.7 Å². The standard InChI is InChI=1S/C15H27N3/c1-3-10-16-12-14-9-11-18(17-14)15-7-5-13(4-2)6-8-15/h9,11,13,15-16H,3-8,10,12H2,1-2H3. The third-order valence-electron chi connectivity index (χ3n) is 4.16. The van der Waals surface area contributed by atoms with Crippen LogP contribution in [0.2, 0.25) is 0 Å². The first-order chi connectivity index (χ1) is 8.83. The lowest BCUT2D eigenvalue weighted by atomic mass is 9.85. The first-order valence-electron chi connectivity index (χ1n) is 7.58. The molecule has 0 unspecified atom stereocenters. The normalized spacial score (nSPS) is 24.3. The Morgan fingerprint density at radius 3 is 2.72 bits per heavy atom. The molecule has 0 spiro atoms. The Labute approximate surface area is 111 Å². The summed E-state index contributed by atoms with van der Waals surface area (Å²) in [5.41, 5.74) is 1.18. The van der Waals surface area contributed by atoms with Crippen molar-refractivity contribution in [2.45, 2.75) is 65.0 Å². The van der Waals surface area contributed by atoms with Crippen LogP contribution in [-0.4, -0.2) is 16.3 Å². The zero-order valence-electron chi connectivity index (χ0n) is 11.9. The first-order valence-corrected chi connectivity index (χ1v) is 7.58. The van der Waals surface area contributed by atoms with Crippen molar-refractivity contribution in [3.05, 3.63) is 18.0 Å². The van der Waals surface area contributed by atoms with Gasteiger partial charge in [-0.1, -0.05) is 20.3 Å². The third kappa shape index (κ3) is 3.58. The van der Waals surface area contributed by atoms with Crippen molar-refractivity contribution < 1.29 is 0 Å². The molecule has 1 aliphatic carbocycles. The summed E-state index contributed by atoms with van der Waals surface area (Å²) < 4.78 is 2.20. The van der Waals surface area contributed by atoms with E-state index in [-0.39, 0.29) is 0 Å². The van der Waals surface area contributed by atoms with E-state index >= 15 is 0 Å². The second-order valence-corrected chi connectivity index (χ2v) is 5.55. The van der Waals surface area contributed by atoms with Crippen LogP contribution in [0.4, 0.5) is 0 Å². The minimum absolute atomic E-state index is 0.646. The molecular formula is C15H27N3. The van der Waals surface area contributed by atoms with Gasteiger partial charge < -0.3 is 5.32 Å². The summed E-state index contributed by atoms with van der Waals surface area (Å²) in [6.07, 6.45) is 10.1. The Hall–Kier alpha value is -0.830. The molecule has 3 nitrogen and oxygen atoms in total. The van der Waals surface area contributed by atoms with Crippen LogP contribution in [0.25, 0.3) is 0 Å². The van der Waals surface area contributed by atoms with E-state index in [1.54, 1.807) is 0 Å². The molecule has 1 aromatic rings. The largest absolute Gasteiger partial charge is 0.311 e. The molecule has 1 aromatic heterocycles. The predicted octanol–water partition coefficient (Wildman–Crippen LogP) is 3.52.